The Kier molecular flexibility index (Phi) is 9.66. The number of rotatable bonds is 7. The second-order valence-corrected chi connectivity index (χ2v) is 15.4. The van der Waals surface area contributed by atoms with E-state index in [1.807, 2.05) is 12.1 Å². The summed E-state index contributed by atoms with van der Waals surface area (Å²) in [4.78, 5) is 2.40. The van der Waals surface area contributed by atoms with E-state index >= 15 is 0 Å². The standard InChI is InChI=1S/C57H43NO/c1-40-15-5-2-10-20-45(36-49(35-40)42-18-8-4-9-19-42)47-22-14-24-52(38-47)58(51-23-13-21-46(37-51)41-16-6-3-7-17-41)50-32-29-43(30-33-50)48-28-27-44-31-34-56-57(54(44)39-48)53-25-11-12-26-55(53)59-56/h2-16,18-19,21-39,41H,1,17,20H2/b10-2-,15-5-,45-36+,49-35?. The van der Waals surface area contributed by atoms with Gasteiger partial charge in [-0.15, -0.1) is 0 Å². The SMILES string of the molecule is C=C1C=C(c2ccccc2)/C=C(/c2cccc(N(c3ccc(-c4ccc5ccc6oc7ccccc7c6c5c4)cc3)c3cccc(C4C=CC=CC4)c3)c2)C/C=C\C=C/1. The Morgan fingerprint density at radius 1 is 0.525 bits per heavy atom. The summed E-state index contributed by atoms with van der Waals surface area (Å²) in [6.07, 6.45) is 23.7. The van der Waals surface area contributed by atoms with E-state index in [4.69, 9.17) is 4.42 Å². The highest BCUT2D eigenvalue weighted by molar-refractivity contribution is 6.19. The maximum absolute atomic E-state index is 6.25. The van der Waals surface area contributed by atoms with Gasteiger partial charge in [0.25, 0.3) is 0 Å². The van der Waals surface area contributed by atoms with Crippen LogP contribution in [0.3, 0.4) is 0 Å². The topological polar surface area (TPSA) is 16.4 Å². The molecule has 0 saturated heterocycles. The third-order valence-corrected chi connectivity index (χ3v) is 11.5. The molecule has 0 amide bonds. The van der Waals surface area contributed by atoms with Gasteiger partial charge in [0.15, 0.2) is 0 Å². The first-order valence-electron chi connectivity index (χ1n) is 20.4. The fourth-order valence-electron chi connectivity index (χ4n) is 8.53. The van der Waals surface area contributed by atoms with E-state index in [0.29, 0.717) is 5.92 Å². The van der Waals surface area contributed by atoms with Gasteiger partial charge in [-0.1, -0.05) is 164 Å². The van der Waals surface area contributed by atoms with Gasteiger partial charge < -0.3 is 9.32 Å². The van der Waals surface area contributed by atoms with Crippen molar-refractivity contribution in [1.29, 1.82) is 0 Å². The predicted octanol–water partition coefficient (Wildman–Crippen LogP) is 16.0. The molecular weight excluding hydrogens is 715 g/mol. The molecule has 1 aromatic heterocycles. The summed E-state index contributed by atoms with van der Waals surface area (Å²) in [6.45, 7) is 4.32. The van der Waals surface area contributed by atoms with E-state index in [9.17, 15) is 0 Å². The molecule has 10 rings (SSSR count). The third kappa shape index (κ3) is 7.33. The molecule has 0 radical (unpaired) electrons. The van der Waals surface area contributed by atoms with Crippen molar-refractivity contribution in [3.8, 4) is 11.1 Å². The van der Waals surface area contributed by atoms with Crippen LogP contribution in [-0.4, -0.2) is 0 Å². The molecule has 1 unspecified atom stereocenters. The number of anilines is 3. The molecule has 2 nitrogen and oxygen atoms in total. The molecule has 2 aliphatic carbocycles. The molecule has 7 aromatic carbocycles. The maximum atomic E-state index is 6.25. The number of fused-ring (bicyclic) bond motifs is 5. The molecule has 1 atom stereocenters. The minimum absolute atomic E-state index is 0.342. The molecule has 0 saturated carbocycles. The van der Waals surface area contributed by atoms with Crippen molar-refractivity contribution in [3.63, 3.8) is 0 Å². The van der Waals surface area contributed by atoms with Crippen molar-refractivity contribution in [1.82, 2.24) is 0 Å². The summed E-state index contributed by atoms with van der Waals surface area (Å²) in [5.41, 5.74) is 14.5. The molecular formula is C57H43NO. The number of allylic oxidation sites excluding steroid dienone is 13. The Morgan fingerprint density at radius 2 is 1.29 bits per heavy atom. The predicted molar refractivity (Wildman–Crippen MR) is 251 cm³/mol. The fourth-order valence-corrected chi connectivity index (χ4v) is 8.53. The zero-order chi connectivity index (χ0) is 39.5. The zero-order valence-electron chi connectivity index (χ0n) is 32.8. The quantitative estimate of drug-likeness (QED) is 0.161. The first kappa shape index (κ1) is 36.0. The molecule has 282 valence electrons. The van der Waals surface area contributed by atoms with Crippen molar-refractivity contribution in [2.45, 2.75) is 18.8 Å². The number of benzene rings is 7. The fraction of sp³-hybridized carbons (Fsp3) is 0.0526. The van der Waals surface area contributed by atoms with Crippen molar-refractivity contribution in [3.05, 3.63) is 247 Å². The van der Waals surface area contributed by atoms with Crippen LogP contribution in [0.1, 0.15) is 35.4 Å². The normalized spacial score (nSPS) is 17.4. The van der Waals surface area contributed by atoms with Crippen molar-refractivity contribution < 1.29 is 4.42 Å². The molecule has 8 aromatic rings. The molecule has 0 N–H and O–H groups in total. The molecule has 0 spiro atoms. The summed E-state index contributed by atoms with van der Waals surface area (Å²) in [6, 6.07) is 57.0. The highest BCUT2D eigenvalue weighted by Gasteiger charge is 2.18. The first-order valence-corrected chi connectivity index (χ1v) is 20.4. The molecule has 0 bridgehead atoms. The van der Waals surface area contributed by atoms with Gasteiger partial charge in [-0.2, -0.15) is 0 Å². The van der Waals surface area contributed by atoms with Gasteiger partial charge in [-0.25, -0.2) is 0 Å². The molecule has 2 aliphatic rings. The first-order chi connectivity index (χ1) is 29.1. The molecule has 0 fully saturated rings. The van der Waals surface area contributed by atoms with Crippen LogP contribution in [0, 0.1) is 0 Å². The summed E-state index contributed by atoms with van der Waals surface area (Å²) < 4.78 is 6.25. The second-order valence-electron chi connectivity index (χ2n) is 15.4. The summed E-state index contributed by atoms with van der Waals surface area (Å²) >= 11 is 0. The lowest BCUT2D eigenvalue weighted by Gasteiger charge is -2.27. The Morgan fingerprint density at radius 3 is 2.15 bits per heavy atom. The van der Waals surface area contributed by atoms with E-state index in [2.05, 4.69) is 218 Å². The van der Waals surface area contributed by atoms with Crippen LogP contribution in [0.5, 0.6) is 0 Å². The monoisotopic (exact) mass is 757 g/mol. The van der Waals surface area contributed by atoms with Crippen LogP contribution < -0.4 is 4.90 Å². The lowest BCUT2D eigenvalue weighted by Crippen LogP contribution is -2.11. The Labute approximate surface area is 346 Å². The Balaban J connectivity index is 1.07. The lowest BCUT2D eigenvalue weighted by molar-refractivity contribution is 0.669. The molecule has 1 heterocycles. The molecule has 2 heteroatoms. The Hall–Kier alpha value is -7.42. The number of furan rings is 1. The summed E-state index contributed by atoms with van der Waals surface area (Å²) in [5, 5.41) is 4.71. The van der Waals surface area contributed by atoms with E-state index in [0.717, 1.165) is 63.2 Å². The van der Waals surface area contributed by atoms with Gasteiger partial charge in [0.2, 0.25) is 0 Å². The maximum Gasteiger partial charge on any atom is 0.136 e. The van der Waals surface area contributed by atoms with Crippen LogP contribution in [0.4, 0.5) is 17.1 Å². The second kappa shape index (κ2) is 15.8. The van der Waals surface area contributed by atoms with Crippen molar-refractivity contribution >= 4 is 60.9 Å². The van der Waals surface area contributed by atoms with Gasteiger partial charge in [-0.3, -0.25) is 0 Å². The third-order valence-electron chi connectivity index (χ3n) is 11.5. The zero-order valence-corrected chi connectivity index (χ0v) is 32.8. The van der Waals surface area contributed by atoms with E-state index < -0.39 is 0 Å². The number of hydrogen-bond acceptors (Lipinski definition) is 2. The highest BCUT2D eigenvalue weighted by Crippen LogP contribution is 2.41. The van der Waals surface area contributed by atoms with Crippen molar-refractivity contribution in [2.75, 3.05) is 4.90 Å². The minimum Gasteiger partial charge on any atom is -0.456 e. The van der Waals surface area contributed by atoms with Gasteiger partial charge in [0.1, 0.15) is 11.2 Å². The minimum atomic E-state index is 0.342. The van der Waals surface area contributed by atoms with E-state index in [-0.39, 0.29) is 0 Å². The van der Waals surface area contributed by atoms with Crippen LogP contribution in [-0.2, 0) is 0 Å². The number of hydrogen-bond donors (Lipinski definition) is 0. The van der Waals surface area contributed by atoms with Crippen molar-refractivity contribution in [2.24, 2.45) is 0 Å². The van der Waals surface area contributed by atoms with Crippen LogP contribution in [0.25, 0.3) is 55.0 Å². The lowest BCUT2D eigenvalue weighted by atomic mass is 9.92. The van der Waals surface area contributed by atoms with Gasteiger partial charge in [0.05, 0.1) is 0 Å². The molecule has 59 heavy (non-hydrogen) atoms. The smallest absolute Gasteiger partial charge is 0.136 e. The average molecular weight is 758 g/mol. The van der Waals surface area contributed by atoms with E-state index in [1.165, 1.54) is 44.0 Å². The summed E-state index contributed by atoms with van der Waals surface area (Å²) in [5.74, 6) is 0.342. The molecule has 0 aliphatic heterocycles. The average Bonchev–Trinajstić information content (AvgIpc) is 3.69. The van der Waals surface area contributed by atoms with Crippen LogP contribution >= 0.6 is 0 Å². The van der Waals surface area contributed by atoms with Gasteiger partial charge in [0, 0.05) is 33.8 Å². The van der Waals surface area contributed by atoms with Crippen LogP contribution in [0.15, 0.2) is 235 Å². The largest absolute Gasteiger partial charge is 0.456 e. The Bertz CT molecular complexity index is 3060. The number of nitrogens with zero attached hydrogens (tertiary/aromatic N) is 1. The summed E-state index contributed by atoms with van der Waals surface area (Å²) in [7, 11) is 0. The van der Waals surface area contributed by atoms with Crippen LogP contribution in [0.2, 0.25) is 0 Å². The number of para-hydroxylation sites is 1. The van der Waals surface area contributed by atoms with Gasteiger partial charge in [-0.05, 0) is 129 Å². The van der Waals surface area contributed by atoms with Gasteiger partial charge >= 0.3 is 0 Å². The van der Waals surface area contributed by atoms with E-state index in [1.54, 1.807) is 0 Å². The highest BCUT2D eigenvalue weighted by atomic mass is 16.3.